The highest BCUT2D eigenvalue weighted by Crippen LogP contribution is 2.47. The molecule has 21 heavy (non-hydrogen) atoms. The van der Waals surface area contributed by atoms with Gasteiger partial charge in [0.05, 0.1) is 13.1 Å². The van der Waals surface area contributed by atoms with Crippen LogP contribution in [0.2, 0.25) is 0 Å². The van der Waals surface area contributed by atoms with Crippen molar-refractivity contribution < 1.29 is 8.94 Å². The first-order valence-corrected chi connectivity index (χ1v) is 7.78. The van der Waals surface area contributed by atoms with Crippen molar-refractivity contribution in [2.24, 2.45) is 5.92 Å². The molecule has 5 heteroatoms. The summed E-state index contributed by atoms with van der Waals surface area (Å²) in [5.74, 6) is 5.68. The molecule has 0 unspecified atom stereocenters. The van der Waals surface area contributed by atoms with E-state index in [4.69, 9.17) is 8.94 Å². The van der Waals surface area contributed by atoms with Crippen molar-refractivity contribution in [3.63, 3.8) is 0 Å². The molecule has 4 rings (SSSR count). The van der Waals surface area contributed by atoms with Gasteiger partial charge in [-0.1, -0.05) is 12.1 Å². The fraction of sp³-hybridized carbons (Fsp3) is 0.625. The average Bonchev–Trinajstić information content (AvgIpc) is 3.33. The maximum absolute atomic E-state index is 5.93. The minimum absolute atomic E-state index is 0.543. The van der Waals surface area contributed by atoms with E-state index in [1.165, 1.54) is 19.3 Å². The second-order valence-electron chi connectivity index (χ2n) is 6.62. The van der Waals surface area contributed by atoms with Crippen LogP contribution in [0.1, 0.15) is 61.3 Å². The highest BCUT2D eigenvalue weighted by molar-refractivity contribution is 5.17. The van der Waals surface area contributed by atoms with Crippen LogP contribution in [0.5, 0.6) is 0 Å². The fourth-order valence-corrected chi connectivity index (χ4v) is 2.79. The number of nitrogens with zero attached hydrogens (tertiary/aromatic N) is 3. The summed E-state index contributed by atoms with van der Waals surface area (Å²) < 4.78 is 11.2. The molecule has 0 N–H and O–H groups in total. The Bertz CT molecular complexity index is 629. The molecule has 2 fully saturated rings. The maximum atomic E-state index is 5.93. The first-order chi connectivity index (χ1) is 10.2. The second kappa shape index (κ2) is 4.98. The van der Waals surface area contributed by atoms with Gasteiger partial charge in [0.2, 0.25) is 5.89 Å². The van der Waals surface area contributed by atoms with Gasteiger partial charge >= 0.3 is 0 Å². The quantitative estimate of drug-likeness (QED) is 0.816. The van der Waals surface area contributed by atoms with Crippen LogP contribution in [0.25, 0.3) is 0 Å². The summed E-state index contributed by atoms with van der Waals surface area (Å²) in [4.78, 5) is 6.60. The lowest BCUT2D eigenvalue weighted by atomic mass is 10.3. The number of hydrogen-bond acceptors (Lipinski definition) is 5. The minimum atomic E-state index is 0.543. The normalized spacial score (nSPS) is 24.7. The van der Waals surface area contributed by atoms with E-state index in [9.17, 15) is 0 Å². The van der Waals surface area contributed by atoms with Crippen LogP contribution in [-0.4, -0.2) is 22.1 Å². The van der Waals surface area contributed by atoms with Crippen LogP contribution >= 0.6 is 0 Å². The van der Waals surface area contributed by atoms with Crippen LogP contribution in [0.15, 0.2) is 21.1 Å². The van der Waals surface area contributed by atoms with E-state index in [0.717, 1.165) is 29.8 Å². The summed E-state index contributed by atoms with van der Waals surface area (Å²) in [7, 11) is 2.04. The summed E-state index contributed by atoms with van der Waals surface area (Å²) in [6.07, 6.45) is 3.65. The van der Waals surface area contributed by atoms with E-state index in [-0.39, 0.29) is 0 Å². The zero-order valence-corrected chi connectivity index (χ0v) is 12.6. The summed E-state index contributed by atoms with van der Waals surface area (Å²) in [6.45, 7) is 3.70. The van der Waals surface area contributed by atoms with E-state index in [2.05, 4.69) is 34.1 Å². The molecule has 2 aliphatic carbocycles. The predicted octanol–water partition coefficient (Wildman–Crippen LogP) is 3.30. The van der Waals surface area contributed by atoms with Gasteiger partial charge in [0, 0.05) is 11.8 Å². The molecule has 5 nitrogen and oxygen atoms in total. The van der Waals surface area contributed by atoms with Gasteiger partial charge in [0.25, 0.3) is 0 Å². The molecular weight excluding hydrogens is 266 g/mol. The first kappa shape index (κ1) is 13.1. The monoisotopic (exact) mass is 287 g/mol. The number of aromatic nitrogens is 2. The maximum Gasteiger partial charge on any atom is 0.240 e. The molecule has 0 aliphatic heterocycles. The highest BCUT2D eigenvalue weighted by atomic mass is 16.5. The fourth-order valence-electron chi connectivity index (χ4n) is 2.79. The molecule has 0 saturated heterocycles. The van der Waals surface area contributed by atoms with E-state index >= 15 is 0 Å². The standard InChI is InChI=1S/C16H21N3O2/c1-10-7-13(10)14-6-5-12(20-14)8-19(2)9-15-17-16(18-21-15)11-3-4-11/h5-6,10-11,13H,3-4,7-9H2,1-2H3/t10-,13+/m0/s1. The smallest absolute Gasteiger partial charge is 0.240 e. The Kier molecular flexibility index (Phi) is 3.10. The lowest BCUT2D eigenvalue weighted by Crippen LogP contribution is -2.17. The first-order valence-electron chi connectivity index (χ1n) is 7.78. The third-order valence-corrected chi connectivity index (χ3v) is 4.41. The zero-order chi connectivity index (χ0) is 14.4. The van der Waals surface area contributed by atoms with Crippen molar-refractivity contribution in [1.82, 2.24) is 15.0 Å². The molecule has 0 spiro atoms. The number of rotatable bonds is 6. The van der Waals surface area contributed by atoms with Crippen molar-refractivity contribution in [3.8, 4) is 0 Å². The molecule has 112 valence electrons. The Labute approximate surface area is 124 Å². The molecule has 2 aromatic heterocycles. The Morgan fingerprint density at radius 2 is 2.10 bits per heavy atom. The van der Waals surface area contributed by atoms with E-state index in [0.29, 0.717) is 24.3 Å². The molecule has 0 radical (unpaired) electrons. The molecule has 0 bridgehead atoms. The largest absolute Gasteiger partial charge is 0.464 e. The van der Waals surface area contributed by atoms with Gasteiger partial charge in [-0.3, -0.25) is 4.90 Å². The van der Waals surface area contributed by atoms with Crippen molar-refractivity contribution in [3.05, 3.63) is 35.4 Å². The number of hydrogen-bond donors (Lipinski definition) is 0. The Hall–Kier alpha value is -1.62. The van der Waals surface area contributed by atoms with Gasteiger partial charge in [-0.05, 0) is 44.4 Å². The lowest BCUT2D eigenvalue weighted by molar-refractivity contribution is 0.242. The van der Waals surface area contributed by atoms with Gasteiger partial charge in [0.15, 0.2) is 5.82 Å². The van der Waals surface area contributed by atoms with Gasteiger partial charge in [-0.2, -0.15) is 4.98 Å². The molecule has 2 aromatic rings. The van der Waals surface area contributed by atoms with E-state index in [1.54, 1.807) is 0 Å². The topological polar surface area (TPSA) is 55.3 Å². The van der Waals surface area contributed by atoms with Crippen LogP contribution in [0, 0.1) is 5.92 Å². The summed E-state index contributed by atoms with van der Waals surface area (Å²) in [5.41, 5.74) is 0. The van der Waals surface area contributed by atoms with Crippen LogP contribution in [0.4, 0.5) is 0 Å². The summed E-state index contributed by atoms with van der Waals surface area (Å²) in [6, 6.07) is 4.20. The predicted molar refractivity (Wildman–Crippen MR) is 76.7 cm³/mol. The van der Waals surface area contributed by atoms with Gasteiger partial charge in [-0.25, -0.2) is 0 Å². The van der Waals surface area contributed by atoms with E-state index in [1.807, 2.05) is 7.05 Å². The van der Waals surface area contributed by atoms with Crippen molar-refractivity contribution in [2.45, 2.75) is 51.1 Å². The van der Waals surface area contributed by atoms with Crippen molar-refractivity contribution >= 4 is 0 Å². The van der Waals surface area contributed by atoms with Crippen LogP contribution in [0.3, 0.4) is 0 Å². The molecule has 0 aromatic carbocycles. The van der Waals surface area contributed by atoms with Gasteiger partial charge < -0.3 is 8.94 Å². The van der Waals surface area contributed by atoms with Crippen LogP contribution in [-0.2, 0) is 13.1 Å². The molecular formula is C16H21N3O2. The molecule has 2 saturated carbocycles. The zero-order valence-electron chi connectivity index (χ0n) is 12.6. The van der Waals surface area contributed by atoms with Crippen molar-refractivity contribution in [1.29, 1.82) is 0 Å². The van der Waals surface area contributed by atoms with Gasteiger partial charge in [-0.15, -0.1) is 0 Å². The summed E-state index contributed by atoms with van der Waals surface area (Å²) >= 11 is 0. The Morgan fingerprint density at radius 3 is 2.81 bits per heavy atom. The summed E-state index contributed by atoms with van der Waals surface area (Å²) in [5, 5.41) is 4.05. The Morgan fingerprint density at radius 1 is 1.29 bits per heavy atom. The van der Waals surface area contributed by atoms with Crippen LogP contribution < -0.4 is 0 Å². The third-order valence-electron chi connectivity index (χ3n) is 4.41. The molecule has 2 aliphatic rings. The minimum Gasteiger partial charge on any atom is -0.464 e. The SMILES string of the molecule is C[C@H]1C[C@H]1c1ccc(CN(C)Cc2nc(C3CC3)no2)o1. The second-order valence-corrected chi connectivity index (χ2v) is 6.62. The average molecular weight is 287 g/mol. The van der Waals surface area contributed by atoms with E-state index < -0.39 is 0 Å². The van der Waals surface area contributed by atoms with Gasteiger partial charge in [0.1, 0.15) is 11.5 Å². The highest BCUT2D eigenvalue weighted by Gasteiger charge is 2.36. The molecule has 0 amide bonds. The lowest BCUT2D eigenvalue weighted by Gasteiger charge is -2.11. The Balaban J connectivity index is 1.34. The number of furan rings is 1. The third kappa shape index (κ3) is 2.88. The molecule has 2 atom stereocenters. The molecule has 2 heterocycles. The van der Waals surface area contributed by atoms with Crippen molar-refractivity contribution in [2.75, 3.05) is 7.05 Å².